The molecule has 1 aliphatic rings. The first-order chi connectivity index (χ1) is 12.7. The van der Waals surface area contributed by atoms with Gasteiger partial charge in [-0.3, -0.25) is 4.79 Å². The molecule has 0 N–H and O–H groups in total. The van der Waals surface area contributed by atoms with Crippen molar-refractivity contribution < 1.29 is 9.53 Å². The van der Waals surface area contributed by atoms with E-state index in [0.717, 1.165) is 24.0 Å². The van der Waals surface area contributed by atoms with Gasteiger partial charge in [0, 0.05) is 18.7 Å². The van der Waals surface area contributed by atoms with Gasteiger partial charge < -0.3 is 9.64 Å². The predicted octanol–water partition coefficient (Wildman–Crippen LogP) is 4.10. The summed E-state index contributed by atoms with van der Waals surface area (Å²) in [6.07, 6.45) is 5.62. The maximum Gasteiger partial charge on any atom is 0.247 e. The number of carbonyl (C=O) groups excluding carboxylic acids is 1. The number of carbonyl (C=O) groups is 1. The molecule has 0 aromatic heterocycles. The first-order valence-corrected chi connectivity index (χ1v) is 8.80. The van der Waals surface area contributed by atoms with Crippen LogP contribution < -0.4 is 4.74 Å². The van der Waals surface area contributed by atoms with Crippen LogP contribution >= 0.6 is 0 Å². The monoisotopic (exact) mass is 346 g/mol. The van der Waals surface area contributed by atoms with E-state index in [0.29, 0.717) is 18.3 Å². The minimum Gasteiger partial charge on any atom is -0.479 e. The Morgan fingerprint density at radius 3 is 2.69 bits per heavy atom. The molecule has 2 aromatic rings. The van der Waals surface area contributed by atoms with Gasteiger partial charge in [-0.05, 0) is 49.1 Å². The van der Waals surface area contributed by atoms with E-state index in [9.17, 15) is 4.79 Å². The number of aryl methyl sites for hydroxylation is 1. The van der Waals surface area contributed by atoms with Gasteiger partial charge in [0.05, 0.1) is 0 Å². The fraction of sp³-hybridized carbons (Fsp3) is 0.273. The summed E-state index contributed by atoms with van der Waals surface area (Å²) in [7, 11) is 0. The molecule has 1 aliphatic carbocycles. The highest BCUT2D eigenvalue weighted by atomic mass is 16.5. The fourth-order valence-corrected chi connectivity index (χ4v) is 2.83. The number of ether oxygens (including phenoxy) is 1. The largest absolute Gasteiger partial charge is 0.479 e. The number of nitriles is 1. The SMILES string of the molecule is Cc1cccc(CN(C(=O)/C=C/c2ccc(OCC#N)cc2)C2CC2)c1. The number of hydrogen-bond acceptors (Lipinski definition) is 3. The summed E-state index contributed by atoms with van der Waals surface area (Å²) in [5.41, 5.74) is 3.30. The Balaban J connectivity index is 1.64. The van der Waals surface area contributed by atoms with E-state index in [-0.39, 0.29) is 12.5 Å². The van der Waals surface area contributed by atoms with Crippen LogP contribution in [-0.4, -0.2) is 23.5 Å². The average Bonchev–Trinajstić information content (AvgIpc) is 3.48. The molecule has 0 bridgehead atoms. The Morgan fingerprint density at radius 1 is 1.27 bits per heavy atom. The van der Waals surface area contributed by atoms with Gasteiger partial charge >= 0.3 is 0 Å². The molecule has 1 fully saturated rings. The van der Waals surface area contributed by atoms with Crippen LogP contribution in [0.15, 0.2) is 54.6 Å². The van der Waals surface area contributed by atoms with Gasteiger partial charge in [-0.15, -0.1) is 0 Å². The van der Waals surface area contributed by atoms with Crippen LogP contribution in [0.2, 0.25) is 0 Å². The molecule has 3 rings (SSSR count). The smallest absolute Gasteiger partial charge is 0.247 e. The summed E-state index contributed by atoms with van der Waals surface area (Å²) in [6.45, 7) is 2.75. The van der Waals surface area contributed by atoms with Gasteiger partial charge in [0.25, 0.3) is 0 Å². The zero-order valence-electron chi connectivity index (χ0n) is 14.9. The molecule has 0 radical (unpaired) electrons. The molecular formula is C22H22N2O2. The van der Waals surface area contributed by atoms with E-state index in [1.807, 2.05) is 35.2 Å². The molecule has 26 heavy (non-hydrogen) atoms. The average molecular weight is 346 g/mol. The highest BCUT2D eigenvalue weighted by Crippen LogP contribution is 2.29. The molecule has 1 amide bonds. The lowest BCUT2D eigenvalue weighted by atomic mass is 10.1. The lowest BCUT2D eigenvalue weighted by Gasteiger charge is -2.21. The number of benzene rings is 2. The summed E-state index contributed by atoms with van der Waals surface area (Å²) in [4.78, 5) is 14.6. The second kappa shape index (κ2) is 8.35. The zero-order chi connectivity index (χ0) is 18.4. The van der Waals surface area contributed by atoms with Crippen LogP contribution in [-0.2, 0) is 11.3 Å². The van der Waals surface area contributed by atoms with E-state index in [1.165, 1.54) is 5.56 Å². The van der Waals surface area contributed by atoms with Gasteiger partial charge in [-0.2, -0.15) is 5.26 Å². The van der Waals surface area contributed by atoms with Crippen LogP contribution in [0.25, 0.3) is 6.08 Å². The highest BCUT2D eigenvalue weighted by molar-refractivity contribution is 5.92. The number of hydrogen-bond donors (Lipinski definition) is 0. The molecule has 0 atom stereocenters. The Morgan fingerprint density at radius 2 is 2.04 bits per heavy atom. The van der Waals surface area contributed by atoms with Crippen LogP contribution in [0.1, 0.15) is 29.5 Å². The predicted molar refractivity (Wildman–Crippen MR) is 101 cm³/mol. The van der Waals surface area contributed by atoms with Crippen LogP contribution in [0.4, 0.5) is 0 Å². The van der Waals surface area contributed by atoms with Crippen molar-refractivity contribution in [2.45, 2.75) is 32.4 Å². The number of amides is 1. The quantitative estimate of drug-likeness (QED) is 0.709. The molecule has 0 unspecified atom stereocenters. The van der Waals surface area contributed by atoms with Crippen molar-refractivity contribution in [2.75, 3.05) is 6.61 Å². The highest BCUT2D eigenvalue weighted by Gasteiger charge is 2.31. The molecule has 0 aliphatic heterocycles. The fourth-order valence-electron chi connectivity index (χ4n) is 2.83. The second-order valence-electron chi connectivity index (χ2n) is 6.54. The molecule has 0 spiro atoms. The topological polar surface area (TPSA) is 53.3 Å². The number of nitrogens with zero attached hydrogens (tertiary/aromatic N) is 2. The van der Waals surface area contributed by atoms with Gasteiger partial charge in [-0.25, -0.2) is 0 Å². The zero-order valence-corrected chi connectivity index (χ0v) is 14.9. The standard InChI is InChI=1S/C22H22N2O2/c1-17-3-2-4-19(15-17)16-24(20-8-9-20)22(25)12-7-18-5-10-21(11-6-18)26-14-13-23/h2-7,10-12,15,20H,8-9,14,16H2,1H3/b12-7+. The van der Waals surface area contributed by atoms with E-state index in [4.69, 9.17) is 10.00 Å². The van der Waals surface area contributed by atoms with E-state index in [2.05, 4.69) is 25.1 Å². The molecule has 132 valence electrons. The van der Waals surface area contributed by atoms with Gasteiger partial charge in [0.2, 0.25) is 5.91 Å². The summed E-state index contributed by atoms with van der Waals surface area (Å²) in [5.74, 6) is 0.688. The van der Waals surface area contributed by atoms with Crippen molar-refractivity contribution in [1.82, 2.24) is 4.90 Å². The van der Waals surface area contributed by atoms with Gasteiger partial charge in [0.1, 0.15) is 11.8 Å². The summed E-state index contributed by atoms with van der Waals surface area (Å²) in [6, 6.07) is 17.9. The molecular weight excluding hydrogens is 324 g/mol. The first kappa shape index (κ1) is 17.8. The first-order valence-electron chi connectivity index (χ1n) is 8.80. The molecule has 0 saturated heterocycles. The van der Waals surface area contributed by atoms with E-state index in [1.54, 1.807) is 18.2 Å². The Labute approximate surface area is 154 Å². The lowest BCUT2D eigenvalue weighted by Crippen LogP contribution is -2.31. The molecule has 4 heteroatoms. The third kappa shape index (κ3) is 4.97. The Kier molecular flexibility index (Phi) is 5.70. The lowest BCUT2D eigenvalue weighted by molar-refractivity contribution is -0.127. The number of rotatable bonds is 7. The van der Waals surface area contributed by atoms with Crippen LogP contribution in [0.3, 0.4) is 0 Å². The van der Waals surface area contributed by atoms with Crippen molar-refractivity contribution in [3.8, 4) is 11.8 Å². The van der Waals surface area contributed by atoms with Crippen molar-refractivity contribution in [1.29, 1.82) is 5.26 Å². The summed E-state index contributed by atoms with van der Waals surface area (Å²) < 4.78 is 5.23. The normalized spacial score (nSPS) is 13.4. The maximum absolute atomic E-state index is 12.7. The van der Waals surface area contributed by atoms with Gasteiger partial charge in [0.15, 0.2) is 6.61 Å². The Hall–Kier alpha value is -3.06. The van der Waals surface area contributed by atoms with Crippen molar-refractivity contribution in [3.05, 3.63) is 71.3 Å². The summed E-state index contributed by atoms with van der Waals surface area (Å²) in [5, 5.41) is 8.52. The second-order valence-corrected chi connectivity index (χ2v) is 6.54. The maximum atomic E-state index is 12.7. The molecule has 2 aromatic carbocycles. The van der Waals surface area contributed by atoms with E-state index < -0.39 is 0 Å². The van der Waals surface area contributed by atoms with Gasteiger partial charge in [-0.1, -0.05) is 42.0 Å². The Bertz CT molecular complexity index is 830. The summed E-state index contributed by atoms with van der Waals surface area (Å²) >= 11 is 0. The minimum atomic E-state index is 0.0307. The third-order valence-electron chi connectivity index (χ3n) is 4.31. The minimum absolute atomic E-state index is 0.0307. The third-order valence-corrected chi connectivity index (χ3v) is 4.31. The van der Waals surface area contributed by atoms with E-state index >= 15 is 0 Å². The van der Waals surface area contributed by atoms with Crippen LogP contribution in [0.5, 0.6) is 5.75 Å². The van der Waals surface area contributed by atoms with Crippen molar-refractivity contribution in [2.24, 2.45) is 0 Å². The molecule has 1 saturated carbocycles. The van der Waals surface area contributed by atoms with Crippen molar-refractivity contribution >= 4 is 12.0 Å². The molecule has 0 heterocycles. The van der Waals surface area contributed by atoms with Crippen molar-refractivity contribution in [3.63, 3.8) is 0 Å². The van der Waals surface area contributed by atoms with Crippen LogP contribution in [0, 0.1) is 18.3 Å². The molecule has 4 nitrogen and oxygen atoms in total.